The fourth-order valence-electron chi connectivity index (χ4n) is 3.75. The molecule has 1 atom stereocenters. The van der Waals surface area contributed by atoms with Crippen molar-refractivity contribution < 1.29 is 4.79 Å². The number of hydrogen-bond acceptors (Lipinski definition) is 4. The number of carbonyl (C=O) groups excluding carboxylic acids is 1. The summed E-state index contributed by atoms with van der Waals surface area (Å²) in [6, 6.07) is 15.6. The van der Waals surface area contributed by atoms with Gasteiger partial charge in [0.1, 0.15) is 11.2 Å². The second kappa shape index (κ2) is 10.7. The number of H-pyrrole nitrogens is 1. The third-order valence-electron chi connectivity index (χ3n) is 5.36. The molecule has 7 heteroatoms. The van der Waals surface area contributed by atoms with Crippen molar-refractivity contribution in [3.8, 4) is 11.3 Å². The van der Waals surface area contributed by atoms with E-state index in [9.17, 15) is 4.79 Å². The Bertz CT molecular complexity index is 1220. The number of hydrogen-bond donors (Lipinski definition) is 2. The smallest absolute Gasteiger partial charge is 0.312 e. The molecule has 0 spiro atoms. The third-order valence-corrected chi connectivity index (χ3v) is 5.36. The number of benzene rings is 1. The number of carbonyl (C=O) groups is 1. The lowest BCUT2D eigenvalue weighted by Crippen LogP contribution is -2.40. The Morgan fingerprint density at radius 2 is 1.76 bits per heavy atom. The summed E-state index contributed by atoms with van der Waals surface area (Å²) in [6.45, 7) is 12.4. The van der Waals surface area contributed by atoms with Crippen LogP contribution in [0.4, 0.5) is 10.5 Å². The highest BCUT2D eigenvalue weighted by Crippen LogP contribution is 2.33. The van der Waals surface area contributed by atoms with E-state index < -0.39 is 0 Å². The van der Waals surface area contributed by atoms with Crippen molar-refractivity contribution in [2.24, 2.45) is 0 Å². The van der Waals surface area contributed by atoms with Gasteiger partial charge in [-0.2, -0.15) is 5.10 Å². The van der Waals surface area contributed by atoms with Gasteiger partial charge in [-0.05, 0) is 37.6 Å². The summed E-state index contributed by atoms with van der Waals surface area (Å²) in [5.74, 6) is 0. The molecule has 2 N–H and O–H groups in total. The maximum Gasteiger partial charge on any atom is 0.322 e. The van der Waals surface area contributed by atoms with Crippen LogP contribution in [0.15, 0.2) is 54.7 Å². The summed E-state index contributed by atoms with van der Waals surface area (Å²) in [6.07, 6.45) is 1.77. The van der Waals surface area contributed by atoms with Gasteiger partial charge in [-0.15, -0.1) is 0 Å². The predicted molar refractivity (Wildman–Crippen MR) is 134 cm³/mol. The molecule has 1 aliphatic heterocycles. The van der Waals surface area contributed by atoms with Crippen molar-refractivity contribution in [1.82, 2.24) is 25.1 Å². The SMILES string of the molecule is CC.CC.Cc1cc(-c2n[nH]c3cc4c(nc23)CN([C@H](C)c2ccccc2)C(=O)N4)ccn1. The van der Waals surface area contributed by atoms with E-state index in [-0.39, 0.29) is 12.1 Å². The van der Waals surface area contributed by atoms with Gasteiger partial charge in [-0.25, -0.2) is 9.78 Å². The fourth-order valence-corrected chi connectivity index (χ4v) is 3.75. The number of nitrogens with one attached hydrogen (secondary N) is 2. The molecule has 1 aromatic carbocycles. The lowest BCUT2D eigenvalue weighted by Gasteiger charge is -2.33. The van der Waals surface area contributed by atoms with Crippen LogP contribution in [0.2, 0.25) is 0 Å². The molecule has 0 fully saturated rings. The van der Waals surface area contributed by atoms with E-state index in [2.05, 4.69) is 20.5 Å². The molecular weight excluding hydrogens is 412 g/mol. The molecule has 0 saturated heterocycles. The summed E-state index contributed by atoms with van der Waals surface area (Å²) in [4.78, 5) is 23.7. The number of aromatic amines is 1. The van der Waals surface area contributed by atoms with E-state index in [4.69, 9.17) is 4.98 Å². The lowest BCUT2D eigenvalue weighted by molar-refractivity contribution is 0.185. The lowest BCUT2D eigenvalue weighted by atomic mass is 10.1. The van der Waals surface area contributed by atoms with Crippen molar-refractivity contribution in [3.05, 3.63) is 71.7 Å². The average molecular weight is 445 g/mol. The van der Waals surface area contributed by atoms with Crippen LogP contribution in [0.3, 0.4) is 0 Å². The van der Waals surface area contributed by atoms with Crippen LogP contribution in [0, 0.1) is 6.92 Å². The van der Waals surface area contributed by atoms with Crippen molar-refractivity contribution in [2.45, 2.75) is 54.1 Å². The highest BCUT2D eigenvalue weighted by Gasteiger charge is 2.29. The Labute approximate surface area is 195 Å². The molecule has 2 amide bonds. The number of pyridine rings is 2. The van der Waals surface area contributed by atoms with Crippen molar-refractivity contribution in [2.75, 3.05) is 5.32 Å². The molecule has 1 aliphatic rings. The Morgan fingerprint density at radius 3 is 2.45 bits per heavy atom. The number of urea groups is 1. The van der Waals surface area contributed by atoms with Crippen LogP contribution in [0.1, 0.15) is 57.6 Å². The fraction of sp³-hybridized carbons (Fsp3) is 0.308. The average Bonchev–Trinajstić information content (AvgIpc) is 3.27. The number of rotatable bonds is 3. The van der Waals surface area contributed by atoms with E-state index >= 15 is 0 Å². The van der Waals surface area contributed by atoms with E-state index in [1.165, 1.54) is 0 Å². The van der Waals surface area contributed by atoms with Gasteiger partial charge in [0, 0.05) is 17.5 Å². The second-order valence-corrected chi connectivity index (χ2v) is 7.28. The van der Waals surface area contributed by atoms with E-state index in [0.717, 1.165) is 44.9 Å². The standard InChI is InChI=1S/C22H20N6O.2C2H6/c1-13-10-16(8-9-23-13)20-21-18(26-27-20)11-17-19(24-21)12-28(22(29)25-17)14(2)15-6-4-3-5-7-15;2*1-2/h3-11,14H,12H2,1-2H3,(H,25,29)(H,26,27);2*1-2H3/t14-;;/m1../s1. The Kier molecular flexibility index (Phi) is 7.77. The third kappa shape index (κ3) is 4.87. The first kappa shape index (κ1) is 23.9. The first-order chi connectivity index (χ1) is 16.1. The van der Waals surface area contributed by atoms with Crippen LogP contribution in [-0.2, 0) is 6.54 Å². The molecule has 0 radical (unpaired) electrons. The molecule has 0 aliphatic carbocycles. The van der Waals surface area contributed by atoms with Crippen LogP contribution in [0.25, 0.3) is 22.3 Å². The summed E-state index contributed by atoms with van der Waals surface area (Å²) < 4.78 is 0. The van der Waals surface area contributed by atoms with E-state index in [1.807, 2.05) is 90.1 Å². The molecule has 4 heterocycles. The Balaban J connectivity index is 0.000000728. The van der Waals surface area contributed by atoms with Gasteiger partial charge in [-0.3, -0.25) is 10.1 Å². The molecular formula is C26H32N6O. The molecule has 172 valence electrons. The van der Waals surface area contributed by atoms with E-state index in [0.29, 0.717) is 6.54 Å². The van der Waals surface area contributed by atoms with Crippen LogP contribution in [-0.4, -0.2) is 31.1 Å². The molecule has 3 aromatic heterocycles. The summed E-state index contributed by atoms with van der Waals surface area (Å²) >= 11 is 0. The second-order valence-electron chi connectivity index (χ2n) is 7.28. The minimum Gasteiger partial charge on any atom is -0.312 e. The minimum absolute atomic E-state index is 0.0616. The molecule has 0 saturated carbocycles. The van der Waals surface area contributed by atoms with Gasteiger partial charge in [0.05, 0.1) is 29.5 Å². The van der Waals surface area contributed by atoms with Crippen molar-refractivity contribution in [1.29, 1.82) is 0 Å². The van der Waals surface area contributed by atoms with Crippen LogP contribution < -0.4 is 5.32 Å². The van der Waals surface area contributed by atoms with Crippen LogP contribution in [0.5, 0.6) is 0 Å². The zero-order valence-electron chi connectivity index (χ0n) is 20.2. The minimum atomic E-state index is -0.125. The van der Waals surface area contributed by atoms with Gasteiger partial charge < -0.3 is 10.2 Å². The van der Waals surface area contributed by atoms with Gasteiger partial charge in [0.2, 0.25) is 0 Å². The van der Waals surface area contributed by atoms with Crippen molar-refractivity contribution in [3.63, 3.8) is 0 Å². The monoisotopic (exact) mass is 444 g/mol. The van der Waals surface area contributed by atoms with Crippen molar-refractivity contribution >= 4 is 22.8 Å². The van der Waals surface area contributed by atoms with E-state index in [1.54, 1.807) is 11.1 Å². The first-order valence-corrected chi connectivity index (χ1v) is 11.5. The first-order valence-electron chi connectivity index (χ1n) is 11.5. The number of nitrogens with zero attached hydrogens (tertiary/aromatic N) is 4. The predicted octanol–water partition coefficient (Wildman–Crippen LogP) is 6.49. The maximum absolute atomic E-state index is 12.7. The largest absolute Gasteiger partial charge is 0.322 e. The molecule has 33 heavy (non-hydrogen) atoms. The number of aromatic nitrogens is 4. The summed E-state index contributed by atoms with van der Waals surface area (Å²) in [7, 11) is 0. The Morgan fingerprint density at radius 1 is 1.03 bits per heavy atom. The molecule has 0 unspecified atom stereocenters. The van der Waals surface area contributed by atoms with Crippen LogP contribution >= 0.6 is 0 Å². The maximum atomic E-state index is 12.7. The number of anilines is 1. The Hall–Kier alpha value is -3.74. The number of fused-ring (bicyclic) bond motifs is 2. The highest BCUT2D eigenvalue weighted by molar-refractivity contribution is 5.97. The van der Waals surface area contributed by atoms with Gasteiger partial charge in [0.25, 0.3) is 0 Å². The molecule has 4 aromatic rings. The number of aryl methyl sites for hydroxylation is 1. The quantitative estimate of drug-likeness (QED) is 0.378. The highest BCUT2D eigenvalue weighted by atomic mass is 16.2. The van der Waals surface area contributed by atoms with Gasteiger partial charge in [-0.1, -0.05) is 58.0 Å². The summed E-state index contributed by atoms with van der Waals surface area (Å²) in [5.41, 5.74) is 6.89. The molecule has 0 bridgehead atoms. The molecule has 5 rings (SSSR count). The van der Waals surface area contributed by atoms with Gasteiger partial charge >= 0.3 is 6.03 Å². The topological polar surface area (TPSA) is 86.8 Å². The zero-order valence-corrected chi connectivity index (χ0v) is 20.2. The zero-order chi connectivity index (χ0) is 24.0. The summed E-state index contributed by atoms with van der Waals surface area (Å²) in [5, 5.41) is 10.5. The molecule has 7 nitrogen and oxygen atoms in total. The normalized spacial score (nSPS) is 13.2. The van der Waals surface area contributed by atoms with Gasteiger partial charge in [0.15, 0.2) is 0 Å². The number of amides is 2.